The van der Waals surface area contributed by atoms with E-state index in [2.05, 4.69) is 0 Å². The molecule has 74 valence electrons. The largest absolute Gasteiger partial charge is 0.383 e. The molecule has 0 aliphatic carbocycles. The van der Waals surface area contributed by atoms with Gasteiger partial charge in [-0.1, -0.05) is 12.1 Å². The van der Waals surface area contributed by atoms with Crippen LogP contribution in [-0.2, 0) is 4.79 Å². The number of rotatable bonds is 3. The summed E-state index contributed by atoms with van der Waals surface area (Å²) in [6, 6.07) is 5.97. The summed E-state index contributed by atoms with van der Waals surface area (Å²) < 4.78 is 12.8. The first-order chi connectivity index (χ1) is 6.63. The lowest BCUT2D eigenvalue weighted by Gasteiger charge is -2.07. The number of benzene rings is 1. The third-order valence-electron chi connectivity index (χ3n) is 1.68. The second kappa shape index (κ2) is 4.56. The van der Waals surface area contributed by atoms with E-state index < -0.39 is 0 Å². The van der Waals surface area contributed by atoms with E-state index in [4.69, 9.17) is 0 Å². The molecule has 0 aliphatic heterocycles. The highest BCUT2D eigenvalue weighted by Crippen LogP contribution is 2.13. The van der Waals surface area contributed by atoms with E-state index in [1.165, 1.54) is 12.1 Å². The van der Waals surface area contributed by atoms with E-state index in [1.54, 1.807) is 23.2 Å². The zero-order valence-corrected chi connectivity index (χ0v) is 8.20. The first-order valence-corrected chi connectivity index (χ1v) is 4.23. The number of aldehydes is 1. The molecule has 0 atom stereocenters. The normalized spacial score (nSPS) is 11.2. The summed E-state index contributed by atoms with van der Waals surface area (Å²) >= 11 is 0. The third kappa shape index (κ3) is 2.69. The van der Waals surface area contributed by atoms with Crippen molar-refractivity contribution in [1.82, 2.24) is 4.90 Å². The molecular weight excluding hydrogens is 181 g/mol. The van der Waals surface area contributed by atoms with Gasteiger partial charge in [-0.3, -0.25) is 4.79 Å². The molecule has 0 amide bonds. The van der Waals surface area contributed by atoms with Crippen molar-refractivity contribution in [2.45, 2.75) is 0 Å². The Balaban J connectivity index is 3.07. The maximum atomic E-state index is 12.8. The van der Waals surface area contributed by atoms with E-state index in [9.17, 15) is 9.18 Å². The van der Waals surface area contributed by atoms with E-state index >= 15 is 0 Å². The SMILES string of the molecule is CN(C)/C=C(/C=O)c1cccc(F)c1. The van der Waals surface area contributed by atoms with Crippen LogP contribution in [0.1, 0.15) is 5.56 Å². The Hall–Kier alpha value is -1.64. The van der Waals surface area contributed by atoms with Gasteiger partial charge >= 0.3 is 0 Å². The second-order valence-corrected chi connectivity index (χ2v) is 3.18. The Morgan fingerprint density at radius 1 is 1.43 bits per heavy atom. The molecule has 0 saturated heterocycles. The maximum absolute atomic E-state index is 12.8. The number of carbonyl (C=O) groups excluding carboxylic acids is 1. The van der Waals surface area contributed by atoms with Crippen molar-refractivity contribution in [3.05, 3.63) is 41.8 Å². The van der Waals surface area contributed by atoms with Crippen molar-refractivity contribution >= 4 is 11.9 Å². The zero-order valence-electron chi connectivity index (χ0n) is 8.20. The second-order valence-electron chi connectivity index (χ2n) is 3.18. The minimum Gasteiger partial charge on any atom is -0.383 e. The summed E-state index contributed by atoms with van der Waals surface area (Å²) in [5.74, 6) is -0.339. The van der Waals surface area contributed by atoms with Crippen molar-refractivity contribution in [3.8, 4) is 0 Å². The molecule has 1 aromatic rings. The fourth-order valence-corrected chi connectivity index (χ4v) is 1.12. The highest BCUT2D eigenvalue weighted by molar-refractivity contribution is 6.06. The van der Waals surface area contributed by atoms with E-state index in [-0.39, 0.29) is 5.82 Å². The molecule has 0 bridgehead atoms. The van der Waals surface area contributed by atoms with Crippen LogP contribution in [0.15, 0.2) is 30.5 Å². The fraction of sp³-hybridized carbons (Fsp3) is 0.182. The summed E-state index contributed by atoms with van der Waals surface area (Å²) in [6.07, 6.45) is 2.37. The summed E-state index contributed by atoms with van der Waals surface area (Å²) in [5, 5.41) is 0. The van der Waals surface area contributed by atoms with Crippen molar-refractivity contribution in [2.75, 3.05) is 14.1 Å². The van der Waals surface area contributed by atoms with Crippen LogP contribution in [0.4, 0.5) is 4.39 Å². The number of hydrogen-bond acceptors (Lipinski definition) is 2. The molecule has 3 heteroatoms. The Kier molecular flexibility index (Phi) is 3.40. The van der Waals surface area contributed by atoms with Gasteiger partial charge in [-0.15, -0.1) is 0 Å². The van der Waals surface area contributed by atoms with Gasteiger partial charge in [-0.25, -0.2) is 4.39 Å². The molecule has 14 heavy (non-hydrogen) atoms. The summed E-state index contributed by atoms with van der Waals surface area (Å²) in [4.78, 5) is 12.5. The van der Waals surface area contributed by atoms with Crippen molar-refractivity contribution in [1.29, 1.82) is 0 Å². The first-order valence-electron chi connectivity index (χ1n) is 4.23. The standard InChI is InChI=1S/C11H12FNO/c1-13(2)7-10(8-14)9-4-3-5-11(12)6-9/h3-8H,1-2H3/b10-7-. The Labute approximate surface area is 82.7 Å². The molecule has 0 spiro atoms. The molecule has 0 aromatic heterocycles. The van der Waals surface area contributed by atoms with Crippen LogP contribution in [-0.4, -0.2) is 25.3 Å². The molecule has 1 aromatic carbocycles. The molecule has 2 nitrogen and oxygen atoms in total. The predicted octanol–water partition coefficient (Wildman–Crippen LogP) is 1.93. The smallest absolute Gasteiger partial charge is 0.152 e. The van der Waals surface area contributed by atoms with Gasteiger partial charge in [0.05, 0.1) is 0 Å². The number of carbonyl (C=O) groups is 1. The van der Waals surface area contributed by atoms with Gasteiger partial charge in [0.25, 0.3) is 0 Å². The van der Waals surface area contributed by atoms with Gasteiger partial charge in [0.2, 0.25) is 0 Å². The molecule has 0 radical (unpaired) electrons. The number of nitrogens with zero attached hydrogens (tertiary/aromatic N) is 1. The average Bonchev–Trinajstić information content (AvgIpc) is 2.14. The van der Waals surface area contributed by atoms with Crippen LogP contribution in [0.3, 0.4) is 0 Å². The Morgan fingerprint density at radius 3 is 2.64 bits per heavy atom. The molecule has 0 heterocycles. The fourth-order valence-electron chi connectivity index (χ4n) is 1.12. The monoisotopic (exact) mass is 193 g/mol. The lowest BCUT2D eigenvalue weighted by atomic mass is 10.1. The quantitative estimate of drug-likeness (QED) is 0.540. The molecule has 0 aliphatic rings. The van der Waals surface area contributed by atoms with Gasteiger partial charge in [0.15, 0.2) is 6.29 Å². The molecule has 0 unspecified atom stereocenters. The molecule has 0 fully saturated rings. The van der Waals surface area contributed by atoms with E-state index in [0.717, 1.165) is 6.29 Å². The van der Waals surface area contributed by atoms with E-state index in [1.807, 2.05) is 14.1 Å². The number of halogens is 1. The first kappa shape index (κ1) is 10.4. The van der Waals surface area contributed by atoms with Crippen molar-refractivity contribution in [2.24, 2.45) is 0 Å². The highest BCUT2D eigenvalue weighted by Gasteiger charge is 2.01. The summed E-state index contributed by atoms with van der Waals surface area (Å²) in [6.45, 7) is 0. The minimum absolute atomic E-state index is 0.339. The summed E-state index contributed by atoms with van der Waals surface area (Å²) in [7, 11) is 3.62. The van der Waals surface area contributed by atoms with Crippen LogP contribution in [0.25, 0.3) is 5.57 Å². The zero-order chi connectivity index (χ0) is 10.6. The Morgan fingerprint density at radius 2 is 2.14 bits per heavy atom. The van der Waals surface area contributed by atoms with Crippen LogP contribution >= 0.6 is 0 Å². The topological polar surface area (TPSA) is 20.3 Å². The molecule has 1 rings (SSSR count). The van der Waals surface area contributed by atoms with Gasteiger partial charge < -0.3 is 4.90 Å². The summed E-state index contributed by atoms with van der Waals surface area (Å²) in [5.41, 5.74) is 1.06. The van der Waals surface area contributed by atoms with Gasteiger partial charge in [-0.2, -0.15) is 0 Å². The van der Waals surface area contributed by atoms with Crippen molar-refractivity contribution < 1.29 is 9.18 Å². The van der Waals surface area contributed by atoms with Crippen LogP contribution in [0.2, 0.25) is 0 Å². The van der Waals surface area contributed by atoms with Gasteiger partial charge in [-0.05, 0) is 17.7 Å². The van der Waals surface area contributed by atoms with Crippen LogP contribution < -0.4 is 0 Å². The van der Waals surface area contributed by atoms with Gasteiger partial charge in [0, 0.05) is 25.9 Å². The lowest BCUT2D eigenvalue weighted by Crippen LogP contribution is -2.03. The third-order valence-corrected chi connectivity index (χ3v) is 1.68. The number of allylic oxidation sites excluding steroid dienone is 1. The Bertz CT molecular complexity index is 358. The van der Waals surface area contributed by atoms with Gasteiger partial charge in [0.1, 0.15) is 5.82 Å². The average molecular weight is 193 g/mol. The van der Waals surface area contributed by atoms with E-state index in [0.29, 0.717) is 11.1 Å². The lowest BCUT2D eigenvalue weighted by molar-refractivity contribution is -0.103. The highest BCUT2D eigenvalue weighted by atomic mass is 19.1. The van der Waals surface area contributed by atoms with Crippen LogP contribution in [0, 0.1) is 5.82 Å². The maximum Gasteiger partial charge on any atom is 0.152 e. The number of hydrogen-bond donors (Lipinski definition) is 0. The molecular formula is C11H12FNO. The van der Waals surface area contributed by atoms with Crippen molar-refractivity contribution in [3.63, 3.8) is 0 Å². The molecule has 0 N–H and O–H groups in total. The molecule has 0 saturated carbocycles. The van der Waals surface area contributed by atoms with Crippen LogP contribution in [0.5, 0.6) is 0 Å². The minimum atomic E-state index is -0.339. The predicted molar refractivity (Wildman–Crippen MR) is 54.1 cm³/mol.